The molecule has 3 heterocycles. The average molecular weight is 419 g/mol. The fourth-order valence-corrected chi connectivity index (χ4v) is 4.40. The minimum Gasteiger partial charge on any atom is -0.415 e. The number of nitrogens with zero attached hydrogens (tertiary/aromatic N) is 6. The van der Waals surface area contributed by atoms with Gasteiger partial charge >= 0.3 is 0 Å². The molecule has 0 atom stereocenters. The molecule has 1 aromatic carbocycles. The molecule has 160 valence electrons. The van der Waals surface area contributed by atoms with Gasteiger partial charge in [-0.25, -0.2) is 4.98 Å². The number of rotatable bonds is 4. The van der Waals surface area contributed by atoms with Crippen LogP contribution in [0.15, 0.2) is 40.9 Å². The van der Waals surface area contributed by atoms with Gasteiger partial charge in [0.05, 0.1) is 11.9 Å². The van der Waals surface area contributed by atoms with Gasteiger partial charge in [-0.3, -0.25) is 9.78 Å². The SMILES string of the molecule is Cc1ncc(N2CCN(C(=O)C3CCCC3)CC2)nc1-c1nnc(-c2ccccc2)o1. The van der Waals surface area contributed by atoms with E-state index in [0.717, 1.165) is 56.1 Å². The van der Waals surface area contributed by atoms with Gasteiger partial charge in [-0.1, -0.05) is 31.0 Å². The van der Waals surface area contributed by atoms with Crippen LogP contribution in [0.5, 0.6) is 0 Å². The van der Waals surface area contributed by atoms with Gasteiger partial charge in [0.15, 0.2) is 5.69 Å². The van der Waals surface area contributed by atoms with Crippen molar-refractivity contribution >= 4 is 11.7 Å². The first-order valence-electron chi connectivity index (χ1n) is 11.0. The summed E-state index contributed by atoms with van der Waals surface area (Å²) in [5, 5.41) is 8.37. The summed E-state index contributed by atoms with van der Waals surface area (Å²) >= 11 is 0. The molecule has 2 fully saturated rings. The first-order chi connectivity index (χ1) is 15.2. The Labute approximate surface area is 181 Å². The molecule has 31 heavy (non-hydrogen) atoms. The molecule has 0 spiro atoms. The lowest BCUT2D eigenvalue weighted by molar-refractivity contribution is -0.135. The Morgan fingerprint density at radius 3 is 2.45 bits per heavy atom. The third-order valence-electron chi connectivity index (χ3n) is 6.21. The van der Waals surface area contributed by atoms with Crippen molar-refractivity contribution in [1.29, 1.82) is 0 Å². The van der Waals surface area contributed by atoms with Crippen LogP contribution < -0.4 is 4.90 Å². The predicted molar refractivity (Wildman–Crippen MR) is 116 cm³/mol. The smallest absolute Gasteiger partial charge is 0.268 e. The molecular formula is C23H26N6O2. The van der Waals surface area contributed by atoms with Crippen molar-refractivity contribution < 1.29 is 9.21 Å². The summed E-state index contributed by atoms with van der Waals surface area (Å²) in [5.74, 6) is 2.15. The highest BCUT2D eigenvalue weighted by atomic mass is 16.4. The number of aryl methyl sites for hydroxylation is 1. The van der Waals surface area contributed by atoms with Crippen molar-refractivity contribution in [3.8, 4) is 23.0 Å². The minimum atomic E-state index is 0.230. The van der Waals surface area contributed by atoms with E-state index in [2.05, 4.69) is 20.1 Å². The van der Waals surface area contributed by atoms with E-state index in [-0.39, 0.29) is 5.92 Å². The van der Waals surface area contributed by atoms with E-state index in [1.165, 1.54) is 12.8 Å². The maximum Gasteiger partial charge on any atom is 0.268 e. The van der Waals surface area contributed by atoms with E-state index in [0.29, 0.717) is 23.4 Å². The third kappa shape index (κ3) is 4.02. The van der Waals surface area contributed by atoms with E-state index >= 15 is 0 Å². The van der Waals surface area contributed by atoms with E-state index in [1.807, 2.05) is 42.2 Å². The second kappa shape index (κ2) is 8.45. The van der Waals surface area contributed by atoms with Crippen molar-refractivity contribution in [3.05, 3.63) is 42.2 Å². The lowest BCUT2D eigenvalue weighted by atomic mass is 10.1. The van der Waals surface area contributed by atoms with Gasteiger partial charge in [-0.15, -0.1) is 10.2 Å². The van der Waals surface area contributed by atoms with Crippen LogP contribution in [0.4, 0.5) is 5.82 Å². The van der Waals surface area contributed by atoms with Crippen LogP contribution in [-0.4, -0.2) is 57.2 Å². The molecule has 1 saturated carbocycles. The summed E-state index contributed by atoms with van der Waals surface area (Å²) in [6.07, 6.45) is 6.23. The molecule has 2 aliphatic rings. The number of piperazine rings is 1. The molecule has 1 saturated heterocycles. The van der Waals surface area contributed by atoms with Crippen molar-refractivity contribution in [2.24, 2.45) is 5.92 Å². The standard InChI is InChI=1S/C23H26N6O2/c1-16-20(22-27-26-21(31-22)17-7-3-2-4-8-17)25-19(15-24-16)28-11-13-29(14-12-28)23(30)18-9-5-6-10-18/h2-4,7-8,15,18H,5-6,9-14H2,1H3. The number of aromatic nitrogens is 4. The van der Waals surface area contributed by atoms with Crippen LogP contribution >= 0.6 is 0 Å². The zero-order valence-corrected chi connectivity index (χ0v) is 17.7. The van der Waals surface area contributed by atoms with Crippen LogP contribution in [0.1, 0.15) is 31.4 Å². The number of hydrogen-bond donors (Lipinski definition) is 0. The Morgan fingerprint density at radius 1 is 1.00 bits per heavy atom. The Balaban J connectivity index is 1.30. The molecule has 8 heteroatoms. The molecule has 2 aromatic heterocycles. The van der Waals surface area contributed by atoms with Gasteiger partial charge in [0.2, 0.25) is 11.8 Å². The zero-order chi connectivity index (χ0) is 21.2. The first-order valence-corrected chi connectivity index (χ1v) is 11.0. The number of anilines is 1. The lowest BCUT2D eigenvalue weighted by Gasteiger charge is -2.36. The van der Waals surface area contributed by atoms with Gasteiger partial charge in [0.1, 0.15) is 5.82 Å². The maximum absolute atomic E-state index is 12.7. The van der Waals surface area contributed by atoms with Crippen LogP contribution in [0, 0.1) is 12.8 Å². The minimum absolute atomic E-state index is 0.230. The largest absolute Gasteiger partial charge is 0.415 e. The average Bonchev–Trinajstić information content (AvgIpc) is 3.52. The van der Waals surface area contributed by atoms with Crippen LogP contribution in [0.2, 0.25) is 0 Å². The molecule has 5 rings (SSSR count). The molecule has 0 radical (unpaired) electrons. The van der Waals surface area contributed by atoms with Crippen LogP contribution in [-0.2, 0) is 4.79 Å². The normalized spacial score (nSPS) is 17.3. The van der Waals surface area contributed by atoms with Gasteiger partial charge in [-0.05, 0) is 31.9 Å². The molecule has 1 amide bonds. The lowest BCUT2D eigenvalue weighted by Crippen LogP contribution is -2.50. The molecule has 1 aliphatic carbocycles. The molecule has 8 nitrogen and oxygen atoms in total. The maximum atomic E-state index is 12.7. The van der Waals surface area contributed by atoms with Crippen LogP contribution in [0.3, 0.4) is 0 Å². The second-order valence-electron chi connectivity index (χ2n) is 8.23. The molecule has 1 aliphatic heterocycles. The van der Waals surface area contributed by atoms with E-state index in [1.54, 1.807) is 6.20 Å². The number of carbonyl (C=O) groups is 1. The highest BCUT2D eigenvalue weighted by Gasteiger charge is 2.30. The van der Waals surface area contributed by atoms with Gasteiger partial charge in [0, 0.05) is 37.7 Å². The van der Waals surface area contributed by atoms with Crippen molar-refractivity contribution in [2.45, 2.75) is 32.6 Å². The summed E-state index contributed by atoms with van der Waals surface area (Å²) in [4.78, 5) is 26.2. The summed E-state index contributed by atoms with van der Waals surface area (Å²) in [6.45, 7) is 4.82. The number of carbonyl (C=O) groups excluding carboxylic acids is 1. The fraction of sp³-hybridized carbons (Fsp3) is 0.435. The van der Waals surface area contributed by atoms with Crippen molar-refractivity contribution in [2.75, 3.05) is 31.1 Å². The third-order valence-corrected chi connectivity index (χ3v) is 6.21. The number of amides is 1. The van der Waals surface area contributed by atoms with E-state index < -0.39 is 0 Å². The molecule has 3 aromatic rings. The summed E-state index contributed by atoms with van der Waals surface area (Å²) < 4.78 is 5.89. The molecule has 0 unspecified atom stereocenters. The molecule has 0 bridgehead atoms. The van der Waals surface area contributed by atoms with E-state index in [9.17, 15) is 4.79 Å². The Hall–Kier alpha value is -3.29. The molecule has 0 N–H and O–H groups in total. The van der Waals surface area contributed by atoms with Gasteiger partial charge in [-0.2, -0.15) is 0 Å². The summed E-state index contributed by atoms with van der Waals surface area (Å²) in [7, 11) is 0. The predicted octanol–water partition coefficient (Wildman–Crippen LogP) is 3.34. The van der Waals surface area contributed by atoms with Crippen LogP contribution in [0.25, 0.3) is 23.0 Å². The monoisotopic (exact) mass is 418 g/mol. The highest BCUT2D eigenvalue weighted by Crippen LogP contribution is 2.28. The quantitative estimate of drug-likeness (QED) is 0.642. The topological polar surface area (TPSA) is 88.3 Å². The first kappa shape index (κ1) is 19.7. The zero-order valence-electron chi connectivity index (χ0n) is 17.7. The number of benzene rings is 1. The highest BCUT2D eigenvalue weighted by molar-refractivity contribution is 5.79. The second-order valence-corrected chi connectivity index (χ2v) is 8.23. The number of hydrogen-bond acceptors (Lipinski definition) is 7. The Morgan fingerprint density at radius 2 is 1.71 bits per heavy atom. The van der Waals surface area contributed by atoms with Gasteiger partial charge < -0.3 is 14.2 Å². The fourth-order valence-electron chi connectivity index (χ4n) is 4.40. The van der Waals surface area contributed by atoms with Crippen molar-refractivity contribution in [1.82, 2.24) is 25.1 Å². The Kier molecular flexibility index (Phi) is 5.36. The van der Waals surface area contributed by atoms with Gasteiger partial charge in [0.25, 0.3) is 5.89 Å². The summed E-state index contributed by atoms with van der Waals surface area (Å²) in [5.41, 5.74) is 2.20. The molecular weight excluding hydrogens is 392 g/mol. The summed E-state index contributed by atoms with van der Waals surface area (Å²) in [6, 6.07) is 9.67. The van der Waals surface area contributed by atoms with E-state index in [4.69, 9.17) is 9.40 Å². The van der Waals surface area contributed by atoms with Crippen molar-refractivity contribution in [3.63, 3.8) is 0 Å². The Bertz CT molecular complexity index is 1050.